The van der Waals surface area contributed by atoms with Gasteiger partial charge in [0.1, 0.15) is 5.76 Å². The zero-order chi connectivity index (χ0) is 12.0. The molecular weight excluding hydrogens is 206 g/mol. The summed E-state index contributed by atoms with van der Waals surface area (Å²) in [5.74, 6) is 0.371. The second-order valence-electron chi connectivity index (χ2n) is 4.28. The number of carbonyl (C=O) groups is 1. The van der Waals surface area contributed by atoms with Gasteiger partial charge in [0.25, 0.3) is 0 Å². The maximum Gasteiger partial charge on any atom is 0.371 e. The molecule has 1 heterocycles. The number of hydrogen-bond donors (Lipinski definition) is 2. The normalized spacial score (nSPS) is 10.9. The van der Waals surface area contributed by atoms with Gasteiger partial charge >= 0.3 is 5.97 Å². The number of carboxylic acid groups (broad SMARTS) is 1. The molecule has 0 aromatic carbocycles. The molecule has 0 radical (unpaired) electrons. The van der Waals surface area contributed by atoms with Crippen LogP contribution in [-0.4, -0.2) is 17.6 Å². The van der Waals surface area contributed by atoms with Crippen molar-refractivity contribution in [3.05, 3.63) is 23.7 Å². The van der Waals surface area contributed by atoms with E-state index in [4.69, 9.17) is 9.52 Å². The van der Waals surface area contributed by atoms with Crippen LogP contribution in [0.3, 0.4) is 0 Å². The van der Waals surface area contributed by atoms with Gasteiger partial charge in [-0.3, -0.25) is 0 Å². The molecule has 1 aromatic heterocycles. The van der Waals surface area contributed by atoms with Gasteiger partial charge in [0.2, 0.25) is 5.76 Å². The topological polar surface area (TPSA) is 62.5 Å². The van der Waals surface area contributed by atoms with Gasteiger partial charge in [-0.2, -0.15) is 0 Å². The molecule has 90 valence electrons. The van der Waals surface area contributed by atoms with Gasteiger partial charge < -0.3 is 14.8 Å². The Balaban J connectivity index is 2.19. The van der Waals surface area contributed by atoms with Crippen molar-refractivity contribution in [2.75, 3.05) is 6.54 Å². The summed E-state index contributed by atoms with van der Waals surface area (Å²) in [6.45, 7) is 5.92. The van der Waals surface area contributed by atoms with Gasteiger partial charge in [0, 0.05) is 0 Å². The Morgan fingerprint density at radius 1 is 1.50 bits per heavy atom. The molecule has 0 aliphatic carbocycles. The predicted molar refractivity (Wildman–Crippen MR) is 61.4 cm³/mol. The molecule has 1 rings (SSSR count). The summed E-state index contributed by atoms with van der Waals surface area (Å²) in [5, 5.41) is 11.9. The second-order valence-corrected chi connectivity index (χ2v) is 4.28. The Bertz CT molecular complexity index is 331. The second kappa shape index (κ2) is 6.33. The SMILES string of the molecule is CC(C)CCCNCc1ccc(C(=O)O)o1. The molecule has 0 saturated heterocycles. The largest absolute Gasteiger partial charge is 0.475 e. The Labute approximate surface area is 95.7 Å². The quantitative estimate of drug-likeness (QED) is 0.700. The molecule has 0 fully saturated rings. The van der Waals surface area contributed by atoms with Crippen LogP contribution in [0.2, 0.25) is 0 Å². The maximum atomic E-state index is 10.6. The van der Waals surface area contributed by atoms with Gasteiger partial charge in [0.15, 0.2) is 0 Å². The van der Waals surface area contributed by atoms with Gasteiger partial charge in [-0.1, -0.05) is 13.8 Å². The first-order valence-electron chi connectivity index (χ1n) is 5.62. The Hall–Kier alpha value is -1.29. The average molecular weight is 225 g/mol. The smallest absolute Gasteiger partial charge is 0.371 e. The number of rotatable bonds is 7. The van der Waals surface area contributed by atoms with E-state index < -0.39 is 5.97 Å². The van der Waals surface area contributed by atoms with E-state index in [0.717, 1.165) is 18.9 Å². The van der Waals surface area contributed by atoms with Crippen molar-refractivity contribution in [1.29, 1.82) is 0 Å². The third-order valence-electron chi connectivity index (χ3n) is 2.31. The van der Waals surface area contributed by atoms with Crippen LogP contribution in [0.5, 0.6) is 0 Å². The lowest BCUT2D eigenvalue weighted by molar-refractivity contribution is 0.0660. The van der Waals surface area contributed by atoms with E-state index in [1.54, 1.807) is 6.07 Å². The molecular formula is C12H19NO3. The third kappa shape index (κ3) is 4.49. The van der Waals surface area contributed by atoms with Crippen molar-refractivity contribution >= 4 is 5.97 Å². The minimum absolute atomic E-state index is 0.000944. The molecule has 2 N–H and O–H groups in total. The van der Waals surface area contributed by atoms with Crippen molar-refractivity contribution in [2.45, 2.75) is 33.2 Å². The summed E-state index contributed by atoms with van der Waals surface area (Å²) in [7, 11) is 0. The summed E-state index contributed by atoms with van der Waals surface area (Å²) >= 11 is 0. The van der Waals surface area contributed by atoms with Crippen molar-refractivity contribution in [1.82, 2.24) is 5.32 Å². The fraction of sp³-hybridized carbons (Fsp3) is 0.583. The average Bonchev–Trinajstić information content (AvgIpc) is 2.65. The lowest BCUT2D eigenvalue weighted by atomic mass is 10.1. The molecule has 0 spiro atoms. The van der Waals surface area contributed by atoms with Crippen molar-refractivity contribution in [3.63, 3.8) is 0 Å². The Morgan fingerprint density at radius 2 is 2.25 bits per heavy atom. The number of furan rings is 1. The number of aromatic carboxylic acids is 1. The molecule has 16 heavy (non-hydrogen) atoms. The summed E-state index contributed by atoms with van der Waals surface area (Å²) in [6.07, 6.45) is 2.33. The van der Waals surface area contributed by atoms with E-state index in [-0.39, 0.29) is 5.76 Å². The monoisotopic (exact) mass is 225 g/mol. The highest BCUT2D eigenvalue weighted by Crippen LogP contribution is 2.07. The number of carboxylic acids is 1. The minimum Gasteiger partial charge on any atom is -0.475 e. The van der Waals surface area contributed by atoms with E-state index >= 15 is 0 Å². The molecule has 0 bridgehead atoms. The first-order chi connectivity index (χ1) is 7.59. The van der Waals surface area contributed by atoms with Gasteiger partial charge in [0.05, 0.1) is 6.54 Å². The molecule has 0 aliphatic heterocycles. The zero-order valence-electron chi connectivity index (χ0n) is 9.82. The van der Waals surface area contributed by atoms with Gasteiger partial charge in [-0.25, -0.2) is 4.79 Å². The van der Waals surface area contributed by atoms with Crippen LogP contribution in [0.15, 0.2) is 16.5 Å². The Kier molecular flexibility index (Phi) is 5.05. The molecule has 0 aliphatic rings. The van der Waals surface area contributed by atoms with Crippen LogP contribution in [0.4, 0.5) is 0 Å². The molecule has 4 heteroatoms. The van der Waals surface area contributed by atoms with E-state index in [0.29, 0.717) is 12.3 Å². The number of nitrogens with one attached hydrogen (secondary N) is 1. The van der Waals surface area contributed by atoms with Crippen molar-refractivity contribution < 1.29 is 14.3 Å². The first-order valence-corrected chi connectivity index (χ1v) is 5.62. The highest BCUT2D eigenvalue weighted by atomic mass is 16.4. The standard InChI is InChI=1S/C12H19NO3/c1-9(2)4-3-7-13-8-10-5-6-11(16-10)12(14)15/h5-6,9,13H,3-4,7-8H2,1-2H3,(H,14,15). The van der Waals surface area contributed by atoms with Crippen LogP contribution in [0.1, 0.15) is 43.0 Å². The van der Waals surface area contributed by atoms with Crippen molar-refractivity contribution in [2.24, 2.45) is 5.92 Å². The minimum atomic E-state index is -1.02. The lowest BCUT2D eigenvalue weighted by Gasteiger charge is -2.04. The Morgan fingerprint density at radius 3 is 2.81 bits per heavy atom. The summed E-state index contributed by atoms with van der Waals surface area (Å²) in [4.78, 5) is 10.6. The first kappa shape index (κ1) is 12.8. The van der Waals surface area contributed by atoms with E-state index in [9.17, 15) is 4.79 Å². The lowest BCUT2D eigenvalue weighted by Crippen LogP contribution is -2.14. The molecule has 0 amide bonds. The highest BCUT2D eigenvalue weighted by Gasteiger charge is 2.07. The maximum absolute atomic E-state index is 10.6. The number of hydrogen-bond acceptors (Lipinski definition) is 3. The van der Waals surface area contributed by atoms with Crippen LogP contribution < -0.4 is 5.32 Å². The van der Waals surface area contributed by atoms with E-state index in [1.165, 1.54) is 12.5 Å². The predicted octanol–water partition coefficient (Wildman–Crippen LogP) is 2.50. The molecule has 0 unspecified atom stereocenters. The third-order valence-corrected chi connectivity index (χ3v) is 2.31. The molecule has 1 aromatic rings. The molecule has 0 atom stereocenters. The van der Waals surface area contributed by atoms with Crippen LogP contribution in [-0.2, 0) is 6.54 Å². The van der Waals surface area contributed by atoms with E-state index in [1.807, 2.05) is 0 Å². The zero-order valence-corrected chi connectivity index (χ0v) is 9.82. The summed E-state index contributed by atoms with van der Waals surface area (Å²) < 4.78 is 5.11. The summed E-state index contributed by atoms with van der Waals surface area (Å²) in [6, 6.07) is 3.17. The van der Waals surface area contributed by atoms with E-state index in [2.05, 4.69) is 19.2 Å². The fourth-order valence-electron chi connectivity index (χ4n) is 1.43. The fourth-order valence-corrected chi connectivity index (χ4v) is 1.43. The van der Waals surface area contributed by atoms with Gasteiger partial charge in [-0.15, -0.1) is 0 Å². The van der Waals surface area contributed by atoms with Crippen molar-refractivity contribution in [3.8, 4) is 0 Å². The highest BCUT2D eigenvalue weighted by molar-refractivity contribution is 5.84. The molecule has 0 saturated carbocycles. The molecule has 4 nitrogen and oxygen atoms in total. The van der Waals surface area contributed by atoms with Crippen LogP contribution >= 0.6 is 0 Å². The van der Waals surface area contributed by atoms with Gasteiger partial charge in [-0.05, 0) is 37.4 Å². The van der Waals surface area contributed by atoms with Crippen LogP contribution in [0.25, 0.3) is 0 Å². The summed E-state index contributed by atoms with van der Waals surface area (Å²) in [5.41, 5.74) is 0. The van der Waals surface area contributed by atoms with Crippen LogP contribution in [0, 0.1) is 5.92 Å².